The predicted molar refractivity (Wildman–Crippen MR) is 65.7 cm³/mol. The molecular formula is C13H18F3NO3. The largest absolute Gasteiger partial charge is 0.471 e. The van der Waals surface area contributed by atoms with Gasteiger partial charge in [0.25, 0.3) is 0 Å². The lowest BCUT2D eigenvalue weighted by Crippen LogP contribution is -2.48. The van der Waals surface area contributed by atoms with E-state index in [1.165, 1.54) is 6.08 Å². The molecule has 4 nitrogen and oxygen atoms in total. The van der Waals surface area contributed by atoms with Crippen LogP contribution in [0.3, 0.4) is 0 Å². The minimum absolute atomic E-state index is 0.523. The van der Waals surface area contributed by atoms with Gasteiger partial charge in [-0.25, -0.2) is 4.79 Å². The Morgan fingerprint density at radius 3 is 2.60 bits per heavy atom. The van der Waals surface area contributed by atoms with Gasteiger partial charge >= 0.3 is 18.1 Å². The van der Waals surface area contributed by atoms with Gasteiger partial charge in [0.05, 0.1) is 0 Å². The van der Waals surface area contributed by atoms with Crippen molar-refractivity contribution in [3.05, 3.63) is 12.7 Å². The number of carbonyl (C=O) groups is 2. The summed E-state index contributed by atoms with van der Waals surface area (Å²) >= 11 is 0. The number of unbranched alkanes of at least 4 members (excludes halogenated alkanes) is 2. The van der Waals surface area contributed by atoms with Gasteiger partial charge in [-0.05, 0) is 12.8 Å². The molecule has 1 heterocycles. The maximum absolute atomic E-state index is 12.2. The number of esters is 1. The summed E-state index contributed by atoms with van der Waals surface area (Å²) in [5.41, 5.74) is 0. The average Bonchev–Trinajstić information content (AvgIpc) is 2.65. The van der Waals surface area contributed by atoms with Crippen LogP contribution >= 0.6 is 0 Å². The van der Waals surface area contributed by atoms with Crippen LogP contribution in [-0.4, -0.2) is 30.2 Å². The molecule has 20 heavy (non-hydrogen) atoms. The summed E-state index contributed by atoms with van der Waals surface area (Å²) in [7, 11) is 0. The third-order valence-corrected chi connectivity index (χ3v) is 3.24. The topological polar surface area (TPSA) is 55.4 Å². The minimum atomic E-state index is -5.02. The SMILES string of the molecule is C=C[C@@H]1[C@H](NC(=O)C(F)(F)F)C(=O)O[C@@H]1CCCCC. The van der Waals surface area contributed by atoms with E-state index in [4.69, 9.17) is 4.74 Å². The average molecular weight is 293 g/mol. The predicted octanol–water partition coefficient (Wildman–Crippen LogP) is 2.34. The Balaban J connectivity index is 2.69. The summed E-state index contributed by atoms with van der Waals surface area (Å²) in [4.78, 5) is 22.5. The highest BCUT2D eigenvalue weighted by atomic mass is 19.4. The van der Waals surface area contributed by atoms with Gasteiger partial charge in [-0.3, -0.25) is 4.79 Å². The highest BCUT2D eigenvalue weighted by Gasteiger charge is 2.47. The molecule has 1 N–H and O–H groups in total. The van der Waals surface area contributed by atoms with E-state index >= 15 is 0 Å². The lowest BCUT2D eigenvalue weighted by Gasteiger charge is -2.18. The molecule has 1 fully saturated rings. The molecule has 1 aliphatic rings. The van der Waals surface area contributed by atoms with Gasteiger partial charge in [0.1, 0.15) is 12.1 Å². The van der Waals surface area contributed by atoms with Crippen LogP contribution in [0.15, 0.2) is 12.7 Å². The molecule has 0 radical (unpaired) electrons. The Bertz CT molecular complexity index is 382. The number of alkyl halides is 3. The van der Waals surface area contributed by atoms with Crippen LogP contribution in [0.1, 0.15) is 32.6 Å². The van der Waals surface area contributed by atoms with Crippen molar-refractivity contribution in [3.63, 3.8) is 0 Å². The van der Waals surface area contributed by atoms with Crippen LogP contribution in [0.5, 0.6) is 0 Å². The van der Waals surface area contributed by atoms with Crippen LogP contribution < -0.4 is 5.32 Å². The minimum Gasteiger partial charge on any atom is -0.460 e. The van der Waals surface area contributed by atoms with Crippen molar-refractivity contribution in [2.75, 3.05) is 0 Å². The van der Waals surface area contributed by atoms with E-state index in [2.05, 4.69) is 6.58 Å². The van der Waals surface area contributed by atoms with Gasteiger partial charge in [0, 0.05) is 5.92 Å². The first-order chi connectivity index (χ1) is 9.31. The Labute approximate surface area is 115 Å². The second kappa shape index (κ2) is 6.76. The van der Waals surface area contributed by atoms with E-state index in [0.29, 0.717) is 6.42 Å². The first-order valence-corrected chi connectivity index (χ1v) is 6.52. The van der Waals surface area contributed by atoms with Crippen molar-refractivity contribution in [1.82, 2.24) is 5.32 Å². The smallest absolute Gasteiger partial charge is 0.460 e. The molecule has 1 saturated heterocycles. The van der Waals surface area contributed by atoms with Crippen molar-refractivity contribution in [2.45, 2.75) is 50.9 Å². The third kappa shape index (κ3) is 3.98. The van der Waals surface area contributed by atoms with Crippen molar-refractivity contribution in [1.29, 1.82) is 0 Å². The summed E-state index contributed by atoms with van der Waals surface area (Å²) in [6.07, 6.45) is -0.904. The Morgan fingerprint density at radius 2 is 2.10 bits per heavy atom. The molecule has 0 aromatic carbocycles. The zero-order chi connectivity index (χ0) is 15.3. The van der Waals surface area contributed by atoms with Crippen LogP contribution in [0.4, 0.5) is 13.2 Å². The highest BCUT2D eigenvalue weighted by molar-refractivity contribution is 5.89. The van der Waals surface area contributed by atoms with Gasteiger partial charge in [-0.15, -0.1) is 6.58 Å². The number of rotatable bonds is 6. The Morgan fingerprint density at radius 1 is 1.45 bits per heavy atom. The molecule has 1 rings (SSSR count). The summed E-state index contributed by atoms with van der Waals surface area (Å²) in [6, 6.07) is -1.31. The monoisotopic (exact) mass is 293 g/mol. The van der Waals surface area contributed by atoms with Crippen molar-refractivity contribution >= 4 is 11.9 Å². The molecule has 1 amide bonds. The third-order valence-electron chi connectivity index (χ3n) is 3.24. The summed E-state index contributed by atoms with van der Waals surface area (Å²) < 4.78 is 41.7. The van der Waals surface area contributed by atoms with E-state index in [-0.39, 0.29) is 0 Å². The molecule has 7 heteroatoms. The maximum Gasteiger partial charge on any atom is 0.471 e. The quantitative estimate of drug-likeness (QED) is 0.464. The summed E-state index contributed by atoms with van der Waals surface area (Å²) in [5, 5.41) is 1.68. The standard InChI is InChI=1S/C13H18F3NO3/c1-3-5-6-7-9-8(4-2)10(11(18)20-9)17-12(19)13(14,15)16/h4,8-10H,2-3,5-7H2,1H3,(H,17,19)/t8-,9+,10-/m0/s1. The van der Waals surface area contributed by atoms with Gasteiger partial charge < -0.3 is 10.1 Å². The van der Waals surface area contributed by atoms with E-state index in [1.54, 1.807) is 5.32 Å². The van der Waals surface area contributed by atoms with E-state index in [1.807, 2.05) is 6.92 Å². The number of carbonyl (C=O) groups excluding carboxylic acids is 2. The number of halogens is 3. The maximum atomic E-state index is 12.2. The van der Waals surface area contributed by atoms with Crippen LogP contribution in [0, 0.1) is 5.92 Å². The fourth-order valence-electron chi connectivity index (χ4n) is 2.19. The number of hydrogen-bond acceptors (Lipinski definition) is 3. The molecule has 0 spiro atoms. The normalized spacial score (nSPS) is 26.2. The zero-order valence-corrected chi connectivity index (χ0v) is 11.2. The van der Waals surface area contributed by atoms with Gasteiger partial charge in [-0.1, -0.05) is 25.8 Å². The van der Waals surface area contributed by atoms with Gasteiger partial charge in [0.2, 0.25) is 0 Å². The van der Waals surface area contributed by atoms with E-state index < -0.39 is 36.1 Å². The molecule has 0 aromatic rings. The lowest BCUT2D eigenvalue weighted by atomic mass is 9.93. The molecule has 0 aliphatic carbocycles. The molecule has 0 aromatic heterocycles. The van der Waals surface area contributed by atoms with Crippen molar-refractivity contribution < 1.29 is 27.5 Å². The molecule has 114 valence electrons. The number of ether oxygens (including phenoxy) is 1. The lowest BCUT2D eigenvalue weighted by molar-refractivity contribution is -0.175. The van der Waals surface area contributed by atoms with Crippen LogP contribution in [0.2, 0.25) is 0 Å². The number of nitrogens with one attached hydrogen (secondary N) is 1. The molecule has 3 atom stereocenters. The highest BCUT2D eigenvalue weighted by Crippen LogP contribution is 2.28. The van der Waals surface area contributed by atoms with Crippen LogP contribution in [0.25, 0.3) is 0 Å². The van der Waals surface area contributed by atoms with Crippen molar-refractivity contribution in [3.8, 4) is 0 Å². The van der Waals surface area contributed by atoms with Crippen LogP contribution in [-0.2, 0) is 14.3 Å². The molecule has 0 bridgehead atoms. The zero-order valence-electron chi connectivity index (χ0n) is 11.2. The summed E-state index contributed by atoms with van der Waals surface area (Å²) in [5.74, 6) is -3.61. The number of amides is 1. The number of hydrogen-bond donors (Lipinski definition) is 1. The molecule has 0 unspecified atom stereocenters. The second-order valence-corrected chi connectivity index (χ2v) is 4.73. The summed E-state index contributed by atoms with van der Waals surface area (Å²) in [6.45, 7) is 5.52. The molecular weight excluding hydrogens is 275 g/mol. The fraction of sp³-hybridized carbons (Fsp3) is 0.692. The number of cyclic esters (lactones) is 1. The van der Waals surface area contributed by atoms with E-state index in [0.717, 1.165) is 19.3 Å². The Kier molecular flexibility index (Phi) is 5.59. The van der Waals surface area contributed by atoms with Crippen molar-refractivity contribution in [2.24, 2.45) is 5.92 Å². The fourth-order valence-corrected chi connectivity index (χ4v) is 2.19. The first-order valence-electron chi connectivity index (χ1n) is 6.52. The molecule has 0 saturated carbocycles. The van der Waals surface area contributed by atoms with Gasteiger partial charge in [0.15, 0.2) is 0 Å². The van der Waals surface area contributed by atoms with E-state index in [9.17, 15) is 22.8 Å². The first kappa shape index (κ1) is 16.5. The van der Waals surface area contributed by atoms with Gasteiger partial charge in [-0.2, -0.15) is 13.2 Å². The molecule has 1 aliphatic heterocycles. The second-order valence-electron chi connectivity index (χ2n) is 4.73. The Hall–Kier alpha value is -1.53.